The fraction of sp³-hybridized carbons (Fsp3) is 0.955. The Labute approximate surface area is 194 Å². The minimum atomic E-state index is 0. The van der Waals surface area contributed by atoms with E-state index in [0.29, 0.717) is 35.4 Å². The minimum Gasteiger partial charge on any atom is -0.379 e. The Bertz CT molecular complexity index is 547. The molecule has 29 heavy (non-hydrogen) atoms. The molecule has 0 amide bonds. The number of morpholine rings is 1. The highest BCUT2D eigenvalue weighted by Gasteiger charge is 2.66. The molecule has 7 heteroatoms. The van der Waals surface area contributed by atoms with E-state index in [1.165, 1.54) is 38.5 Å². The maximum absolute atomic E-state index is 6.07. The zero-order valence-corrected chi connectivity index (χ0v) is 20.8. The van der Waals surface area contributed by atoms with Crippen LogP contribution in [-0.2, 0) is 9.47 Å². The predicted molar refractivity (Wildman–Crippen MR) is 128 cm³/mol. The van der Waals surface area contributed by atoms with Crippen molar-refractivity contribution in [1.82, 2.24) is 15.5 Å². The monoisotopic (exact) mass is 520 g/mol. The molecule has 1 spiro atoms. The topological polar surface area (TPSA) is 58.1 Å². The second-order valence-electron chi connectivity index (χ2n) is 9.20. The molecule has 0 bridgehead atoms. The van der Waals surface area contributed by atoms with Crippen LogP contribution in [0.3, 0.4) is 0 Å². The van der Waals surface area contributed by atoms with E-state index in [-0.39, 0.29) is 24.0 Å². The van der Waals surface area contributed by atoms with Gasteiger partial charge in [0.15, 0.2) is 5.96 Å². The van der Waals surface area contributed by atoms with E-state index in [4.69, 9.17) is 9.47 Å². The van der Waals surface area contributed by atoms with Crippen LogP contribution in [0.4, 0.5) is 0 Å². The van der Waals surface area contributed by atoms with Crippen LogP contribution in [0.1, 0.15) is 52.4 Å². The molecule has 2 heterocycles. The van der Waals surface area contributed by atoms with Crippen molar-refractivity contribution in [3.8, 4) is 0 Å². The molecule has 0 aromatic rings. The molecule has 2 N–H and O–H groups in total. The third kappa shape index (κ3) is 4.44. The summed E-state index contributed by atoms with van der Waals surface area (Å²) in [6.45, 7) is 10.3. The number of halogens is 1. The summed E-state index contributed by atoms with van der Waals surface area (Å²) in [5.74, 6) is 2.36. The fourth-order valence-electron chi connectivity index (χ4n) is 6.33. The first-order valence-electron chi connectivity index (χ1n) is 11.6. The average molecular weight is 521 g/mol. The van der Waals surface area contributed by atoms with Gasteiger partial charge in [0, 0.05) is 56.7 Å². The number of guanidine groups is 1. The summed E-state index contributed by atoms with van der Waals surface area (Å²) >= 11 is 0. The van der Waals surface area contributed by atoms with Gasteiger partial charge in [0.2, 0.25) is 0 Å². The Balaban J connectivity index is 0.00000240. The van der Waals surface area contributed by atoms with Gasteiger partial charge in [-0.3, -0.25) is 9.89 Å². The molecule has 4 rings (SSSR count). The third-order valence-electron chi connectivity index (χ3n) is 8.14. The highest BCUT2D eigenvalue weighted by molar-refractivity contribution is 14.0. The van der Waals surface area contributed by atoms with Gasteiger partial charge in [-0.05, 0) is 25.2 Å². The summed E-state index contributed by atoms with van der Waals surface area (Å²) in [4.78, 5) is 7.21. The molecule has 4 fully saturated rings. The Morgan fingerprint density at radius 2 is 1.90 bits per heavy atom. The molecule has 0 aromatic carbocycles. The molecule has 168 valence electrons. The van der Waals surface area contributed by atoms with Crippen LogP contribution in [-0.4, -0.2) is 75.5 Å². The lowest BCUT2D eigenvalue weighted by atomic mass is 9.46. The maximum Gasteiger partial charge on any atom is 0.191 e. The van der Waals surface area contributed by atoms with E-state index in [0.717, 1.165) is 45.4 Å². The molecule has 2 saturated carbocycles. The van der Waals surface area contributed by atoms with E-state index >= 15 is 0 Å². The van der Waals surface area contributed by atoms with Crippen molar-refractivity contribution >= 4 is 29.9 Å². The van der Waals surface area contributed by atoms with Crippen molar-refractivity contribution in [2.45, 2.75) is 70.6 Å². The number of nitrogens with zero attached hydrogens (tertiary/aromatic N) is 2. The smallest absolute Gasteiger partial charge is 0.191 e. The van der Waals surface area contributed by atoms with Gasteiger partial charge in [-0.15, -0.1) is 24.0 Å². The maximum atomic E-state index is 6.07. The lowest BCUT2D eigenvalue weighted by molar-refractivity contribution is -0.171. The first-order valence-corrected chi connectivity index (χ1v) is 11.6. The summed E-state index contributed by atoms with van der Waals surface area (Å²) in [7, 11) is 1.91. The van der Waals surface area contributed by atoms with Crippen LogP contribution < -0.4 is 10.6 Å². The fourth-order valence-corrected chi connectivity index (χ4v) is 6.33. The van der Waals surface area contributed by atoms with Crippen molar-refractivity contribution in [1.29, 1.82) is 0 Å². The summed E-state index contributed by atoms with van der Waals surface area (Å²) < 4.78 is 11.7. The number of nitrogens with one attached hydrogen (secondary N) is 2. The van der Waals surface area contributed by atoms with Gasteiger partial charge in [-0.2, -0.15) is 0 Å². The summed E-state index contributed by atoms with van der Waals surface area (Å²) in [6, 6.07) is 1.08. The highest BCUT2D eigenvalue weighted by atomic mass is 127. The van der Waals surface area contributed by atoms with Gasteiger partial charge in [-0.25, -0.2) is 0 Å². The van der Waals surface area contributed by atoms with Crippen LogP contribution in [0, 0.1) is 17.3 Å². The first-order chi connectivity index (χ1) is 13.7. The van der Waals surface area contributed by atoms with Crippen LogP contribution in [0.25, 0.3) is 0 Å². The standard InChI is InChI=1S/C22H40N4O2.HI/c1-4-16(5-2)18(26-10-13-27-14-11-26)15-24-21(23-3)25-19-17-7-12-28-20(17)22(19)8-6-9-22;/h16-20H,4-15H2,1-3H3,(H2,23,24,25);1H. The molecular formula is C22H41IN4O2. The number of ether oxygens (including phenoxy) is 2. The summed E-state index contributed by atoms with van der Waals surface area (Å²) in [5, 5.41) is 7.51. The van der Waals surface area contributed by atoms with Gasteiger partial charge < -0.3 is 20.1 Å². The molecule has 2 saturated heterocycles. The molecule has 0 radical (unpaired) electrons. The van der Waals surface area contributed by atoms with Gasteiger partial charge in [0.05, 0.1) is 19.3 Å². The Hall–Kier alpha value is -0.120. The van der Waals surface area contributed by atoms with E-state index in [1.807, 2.05) is 7.05 Å². The van der Waals surface area contributed by atoms with Crippen LogP contribution in [0.2, 0.25) is 0 Å². The second kappa shape index (κ2) is 10.5. The normalized spacial score (nSPS) is 32.1. The van der Waals surface area contributed by atoms with Crippen LogP contribution >= 0.6 is 24.0 Å². The molecule has 4 unspecified atom stereocenters. The van der Waals surface area contributed by atoms with Crippen molar-refractivity contribution in [3.63, 3.8) is 0 Å². The number of fused-ring (bicyclic) bond motifs is 2. The molecule has 4 aliphatic rings. The quantitative estimate of drug-likeness (QED) is 0.307. The molecular weight excluding hydrogens is 479 g/mol. The van der Waals surface area contributed by atoms with Crippen LogP contribution in [0.5, 0.6) is 0 Å². The highest BCUT2D eigenvalue weighted by Crippen LogP contribution is 2.62. The minimum absolute atomic E-state index is 0. The molecule has 0 aromatic heterocycles. The molecule has 2 aliphatic carbocycles. The molecule has 6 nitrogen and oxygen atoms in total. The largest absolute Gasteiger partial charge is 0.379 e. The molecule has 2 aliphatic heterocycles. The number of hydrogen-bond donors (Lipinski definition) is 2. The van der Waals surface area contributed by atoms with Crippen molar-refractivity contribution in [2.24, 2.45) is 22.2 Å². The second-order valence-corrected chi connectivity index (χ2v) is 9.20. The molecule has 4 atom stereocenters. The zero-order valence-electron chi connectivity index (χ0n) is 18.5. The van der Waals surface area contributed by atoms with E-state index in [9.17, 15) is 0 Å². The zero-order chi connectivity index (χ0) is 19.6. The van der Waals surface area contributed by atoms with Gasteiger partial charge in [0.1, 0.15) is 0 Å². The van der Waals surface area contributed by atoms with Crippen LogP contribution in [0.15, 0.2) is 4.99 Å². The third-order valence-corrected chi connectivity index (χ3v) is 8.14. The lowest BCUT2D eigenvalue weighted by Gasteiger charge is -2.63. The van der Waals surface area contributed by atoms with E-state index < -0.39 is 0 Å². The Morgan fingerprint density at radius 1 is 1.17 bits per heavy atom. The van der Waals surface area contributed by atoms with Gasteiger partial charge in [-0.1, -0.05) is 33.1 Å². The van der Waals surface area contributed by atoms with E-state index in [2.05, 4.69) is 34.4 Å². The lowest BCUT2D eigenvalue weighted by Crippen LogP contribution is -2.72. The average Bonchev–Trinajstić information content (AvgIpc) is 3.11. The summed E-state index contributed by atoms with van der Waals surface area (Å²) in [5.41, 5.74) is 0.387. The number of hydrogen-bond acceptors (Lipinski definition) is 4. The van der Waals surface area contributed by atoms with Crippen molar-refractivity contribution in [2.75, 3.05) is 46.5 Å². The van der Waals surface area contributed by atoms with Crippen molar-refractivity contribution < 1.29 is 9.47 Å². The Morgan fingerprint density at radius 3 is 2.48 bits per heavy atom. The predicted octanol–water partition coefficient (Wildman–Crippen LogP) is 2.86. The van der Waals surface area contributed by atoms with Crippen molar-refractivity contribution in [3.05, 3.63) is 0 Å². The van der Waals surface area contributed by atoms with Gasteiger partial charge >= 0.3 is 0 Å². The number of rotatable bonds is 7. The Kier molecular flexibility index (Phi) is 8.49. The SMILES string of the molecule is CCC(CC)C(CNC(=NC)NC1C2CCOC2C12CCC2)N1CCOCC1.I. The van der Waals surface area contributed by atoms with Gasteiger partial charge in [0.25, 0.3) is 0 Å². The number of aliphatic imine (C=N–C) groups is 1. The van der Waals surface area contributed by atoms with E-state index in [1.54, 1.807) is 0 Å². The first kappa shape index (κ1) is 23.5. The summed E-state index contributed by atoms with van der Waals surface area (Å²) in [6.07, 6.45) is 8.12.